The zero-order chi connectivity index (χ0) is 36.6. The molecule has 4 heteroatoms. The van der Waals surface area contributed by atoms with Gasteiger partial charge in [0.25, 0.3) is 0 Å². The summed E-state index contributed by atoms with van der Waals surface area (Å²) in [6, 6.07) is 64.3. The molecule has 0 atom stereocenters. The van der Waals surface area contributed by atoms with E-state index in [4.69, 9.17) is 15.0 Å². The Bertz CT molecular complexity index is 2740. The monoisotopic (exact) mass is 702 g/mol. The van der Waals surface area contributed by atoms with E-state index in [0.29, 0.717) is 17.5 Å². The minimum atomic E-state index is 0.631. The molecule has 0 unspecified atom stereocenters. The second kappa shape index (κ2) is 13.9. The van der Waals surface area contributed by atoms with Crippen LogP contribution >= 0.6 is 0 Å². The van der Waals surface area contributed by atoms with Gasteiger partial charge in [0.05, 0.1) is 0 Å². The third kappa shape index (κ3) is 6.40. The average molecular weight is 703 g/mol. The van der Waals surface area contributed by atoms with Gasteiger partial charge in [-0.15, -0.1) is 0 Å². The average Bonchev–Trinajstić information content (AvgIpc) is 3.65. The van der Waals surface area contributed by atoms with E-state index in [1.54, 1.807) is 0 Å². The van der Waals surface area contributed by atoms with Gasteiger partial charge in [0.15, 0.2) is 17.5 Å². The first-order chi connectivity index (χ1) is 27.2. The van der Waals surface area contributed by atoms with Gasteiger partial charge in [-0.1, -0.05) is 146 Å². The molecule has 7 aromatic carbocycles. The standard InChI is InChI=1S/C51H34N4/c1-4-10-34(11-5-1)41-20-21-42-29-45-28-40(22-23-47(45)48(42)33-41)44-30-43(36-18-16-35(17-19-36)37-24-26-52-27-25-37)31-46(32-44)51-54-49(38-12-6-2-7-13-38)53-50(55-51)39-14-8-3-9-15-39/h1-28,30-33H,29H2. The molecule has 4 nitrogen and oxygen atoms in total. The molecular weight excluding hydrogens is 669 g/mol. The van der Waals surface area contributed by atoms with E-state index in [-0.39, 0.29) is 0 Å². The lowest BCUT2D eigenvalue weighted by Gasteiger charge is -2.13. The summed E-state index contributed by atoms with van der Waals surface area (Å²) < 4.78 is 0. The zero-order valence-electron chi connectivity index (χ0n) is 30.0. The third-order valence-electron chi connectivity index (χ3n) is 10.4. The Hall–Kier alpha value is -7.30. The zero-order valence-corrected chi connectivity index (χ0v) is 30.0. The van der Waals surface area contributed by atoms with E-state index < -0.39 is 0 Å². The summed E-state index contributed by atoms with van der Waals surface area (Å²) in [5.41, 5.74) is 17.4. The van der Waals surface area contributed by atoms with Crippen molar-refractivity contribution in [2.75, 3.05) is 0 Å². The second-order valence-electron chi connectivity index (χ2n) is 13.9. The summed E-state index contributed by atoms with van der Waals surface area (Å²) in [4.78, 5) is 19.4. The van der Waals surface area contributed by atoms with E-state index in [1.165, 1.54) is 33.4 Å². The van der Waals surface area contributed by atoms with Gasteiger partial charge in [0.1, 0.15) is 0 Å². The van der Waals surface area contributed by atoms with Gasteiger partial charge in [-0.3, -0.25) is 4.98 Å². The van der Waals surface area contributed by atoms with Crippen LogP contribution in [0, 0.1) is 0 Å². The highest BCUT2D eigenvalue weighted by Crippen LogP contribution is 2.42. The highest BCUT2D eigenvalue weighted by Gasteiger charge is 2.21. The van der Waals surface area contributed by atoms with E-state index in [0.717, 1.165) is 56.5 Å². The molecule has 0 amide bonds. The predicted octanol–water partition coefficient (Wildman–Crippen LogP) is 12.5. The van der Waals surface area contributed by atoms with Gasteiger partial charge < -0.3 is 0 Å². The first-order valence-electron chi connectivity index (χ1n) is 18.6. The van der Waals surface area contributed by atoms with Crippen molar-refractivity contribution in [1.29, 1.82) is 0 Å². The first kappa shape index (κ1) is 32.4. The predicted molar refractivity (Wildman–Crippen MR) is 224 cm³/mol. The van der Waals surface area contributed by atoms with Crippen molar-refractivity contribution in [3.05, 3.63) is 206 Å². The van der Waals surface area contributed by atoms with Crippen molar-refractivity contribution in [2.24, 2.45) is 0 Å². The Morgan fingerprint density at radius 2 is 0.709 bits per heavy atom. The number of hydrogen-bond donors (Lipinski definition) is 0. The second-order valence-corrected chi connectivity index (χ2v) is 13.9. The molecule has 0 fully saturated rings. The third-order valence-corrected chi connectivity index (χ3v) is 10.4. The van der Waals surface area contributed by atoms with Crippen LogP contribution in [0.15, 0.2) is 194 Å². The van der Waals surface area contributed by atoms with Crippen molar-refractivity contribution >= 4 is 0 Å². The number of benzene rings is 7. The summed E-state index contributed by atoms with van der Waals surface area (Å²) in [5.74, 6) is 1.91. The van der Waals surface area contributed by atoms with Crippen molar-refractivity contribution < 1.29 is 0 Å². The number of pyridine rings is 1. The van der Waals surface area contributed by atoms with Crippen LogP contribution in [0.5, 0.6) is 0 Å². The Morgan fingerprint density at radius 1 is 0.273 bits per heavy atom. The van der Waals surface area contributed by atoms with Gasteiger partial charge in [-0.25, -0.2) is 15.0 Å². The molecule has 0 saturated carbocycles. The topological polar surface area (TPSA) is 51.6 Å². The van der Waals surface area contributed by atoms with Crippen LogP contribution in [0.2, 0.25) is 0 Å². The molecule has 55 heavy (non-hydrogen) atoms. The quantitative estimate of drug-likeness (QED) is 0.166. The van der Waals surface area contributed by atoms with E-state index >= 15 is 0 Å². The summed E-state index contributed by atoms with van der Waals surface area (Å²) >= 11 is 0. The molecule has 0 N–H and O–H groups in total. The van der Waals surface area contributed by atoms with Crippen LogP contribution in [0.25, 0.3) is 89.8 Å². The van der Waals surface area contributed by atoms with Crippen LogP contribution in [0.3, 0.4) is 0 Å². The molecule has 0 spiro atoms. The molecule has 0 radical (unpaired) electrons. The molecule has 0 bridgehead atoms. The first-order valence-corrected chi connectivity index (χ1v) is 18.6. The Balaban J connectivity index is 1.11. The minimum absolute atomic E-state index is 0.631. The van der Waals surface area contributed by atoms with Crippen molar-refractivity contribution in [2.45, 2.75) is 6.42 Å². The molecule has 258 valence electrons. The number of nitrogens with zero attached hydrogens (tertiary/aromatic N) is 4. The number of aromatic nitrogens is 4. The lowest BCUT2D eigenvalue weighted by molar-refractivity contribution is 1.07. The minimum Gasteiger partial charge on any atom is -0.265 e. The fourth-order valence-corrected chi connectivity index (χ4v) is 7.61. The highest BCUT2D eigenvalue weighted by atomic mass is 15.0. The maximum Gasteiger partial charge on any atom is 0.164 e. The molecule has 2 aromatic heterocycles. The van der Waals surface area contributed by atoms with Crippen LogP contribution in [-0.4, -0.2) is 19.9 Å². The molecule has 9 aromatic rings. The molecule has 1 aliphatic carbocycles. The van der Waals surface area contributed by atoms with Crippen molar-refractivity contribution in [1.82, 2.24) is 19.9 Å². The molecule has 10 rings (SSSR count). The van der Waals surface area contributed by atoms with Gasteiger partial charge >= 0.3 is 0 Å². The van der Waals surface area contributed by atoms with Crippen LogP contribution in [0.1, 0.15) is 11.1 Å². The lowest BCUT2D eigenvalue weighted by Crippen LogP contribution is -2.00. The Labute approximate surface area is 320 Å². The summed E-state index contributed by atoms with van der Waals surface area (Å²) in [6.45, 7) is 0. The lowest BCUT2D eigenvalue weighted by atomic mass is 9.93. The summed E-state index contributed by atoms with van der Waals surface area (Å²) in [6.07, 6.45) is 4.57. The van der Waals surface area contributed by atoms with Gasteiger partial charge in [0.2, 0.25) is 0 Å². The maximum absolute atomic E-state index is 5.11. The summed E-state index contributed by atoms with van der Waals surface area (Å²) in [7, 11) is 0. The van der Waals surface area contributed by atoms with E-state index in [1.807, 2.05) is 85.2 Å². The van der Waals surface area contributed by atoms with Gasteiger partial charge in [0, 0.05) is 29.1 Å². The van der Waals surface area contributed by atoms with Crippen LogP contribution in [-0.2, 0) is 6.42 Å². The van der Waals surface area contributed by atoms with Crippen LogP contribution in [0.4, 0.5) is 0 Å². The molecule has 0 saturated heterocycles. The highest BCUT2D eigenvalue weighted by molar-refractivity contribution is 5.86. The smallest absolute Gasteiger partial charge is 0.164 e. The Morgan fingerprint density at radius 3 is 1.33 bits per heavy atom. The number of rotatable bonds is 7. The molecule has 1 aliphatic rings. The number of fused-ring (bicyclic) bond motifs is 3. The van der Waals surface area contributed by atoms with Crippen LogP contribution < -0.4 is 0 Å². The van der Waals surface area contributed by atoms with E-state index in [2.05, 4.69) is 114 Å². The largest absolute Gasteiger partial charge is 0.265 e. The fraction of sp³-hybridized carbons (Fsp3) is 0.0196. The number of hydrogen-bond acceptors (Lipinski definition) is 4. The molecule has 2 heterocycles. The molecular formula is C51H34N4. The Kier molecular flexibility index (Phi) is 8.19. The van der Waals surface area contributed by atoms with Crippen molar-refractivity contribution in [3.8, 4) is 89.8 Å². The molecule has 0 aliphatic heterocycles. The van der Waals surface area contributed by atoms with E-state index in [9.17, 15) is 0 Å². The summed E-state index contributed by atoms with van der Waals surface area (Å²) in [5, 5.41) is 0. The maximum atomic E-state index is 5.11. The van der Waals surface area contributed by atoms with Gasteiger partial charge in [-0.2, -0.15) is 0 Å². The van der Waals surface area contributed by atoms with Gasteiger partial charge in [-0.05, 0) is 110 Å². The normalized spacial score (nSPS) is 11.6. The fourth-order valence-electron chi connectivity index (χ4n) is 7.61. The SMILES string of the molecule is c1ccc(-c2ccc3c(c2)-c2ccc(-c4cc(-c5ccc(-c6ccncc6)cc5)cc(-c5nc(-c6ccccc6)nc(-c6ccccc6)n5)c4)cc2C3)cc1. The van der Waals surface area contributed by atoms with Crippen molar-refractivity contribution in [3.63, 3.8) is 0 Å².